The molecule has 2 aliphatic heterocycles. The van der Waals surface area contributed by atoms with Crippen LogP contribution in [0.1, 0.15) is 19.8 Å². The largest absolute Gasteiger partial charge is 0.376 e. The topological polar surface area (TPSA) is 58.6 Å². The minimum absolute atomic E-state index is 0.00917. The van der Waals surface area contributed by atoms with E-state index in [2.05, 4.69) is 5.32 Å². The maximum Gasteiger partial charge on any atom is 0.245 e. The second-order valence-corrected chi connectivity index (χ2v) is 4.14. The Morgan fingerprint density at radius 2 is 2.33 bits per heavy atom. The molecule has 1 N–H and O–H groups in total. The average Bonchev–Trinajstić information content (AvgIpc) is 2.66. The molecule has 0 aliphatic carbocycles. The summed E-state index contributed by atoms with van der Waals surface area (Å²) in [5, 5.41) is 2.61. The highest BCUT2D eigenvalue weighted by atomic mass is 16.5. The zero-order valence-electron chi connectivity index (χ0n) is 8.86. The average molecular weight is 212 g/mol. The third-order valence-corrected chi connectivity index (χ3v) is 2.84. The molecule has 2 fully saturated rings. The van der Waals surface area contributed by atoms with Gasteiger partial charge in [-0.15, -0.1) is 0 Å². The zero-order valence-corrected chi connectivity index (χ0v) is 8.86. The summed E-state index contributed by atoms with van der Waals surface area (Å²) < 4.78 is 5.45. The summed E-state index contributed by atoms with van der Waals surface area (Å²) in [4.78, 5) is 24.6. The summed E-state index contributed by atoms with van der Waals surface area (Å²) in [6, 6.07) is -0.396. The normalized spacial score (nSPS) is 31.9. The fourth-order valence-electron chi connectivity index (χ4n) is 2.06. The van der Waals surface area contributed by atoms with Gasteiger partial charge in [0.25, 0.3) is 0 Å². The molecule has 0 bridgehead atoms. The van der Waals surface area contributed by atoms with Gasteiger partial charge in [-0.05, 0) is 19.8 Å². The number of rotatable bonds is 2. The molecule has 2 aliphatic rings. The monoisotopic (exact) mass is 212 g/mol. The van der Waals surface area contributed by atoms with Crippen molar-refractivity contribution in [1.82, 2.24) is 10.2 Å². The Kier molecular flexibility index (Phi) is 2.90. The standard InChI is InChI=1S/C10H16N2O3/c1-7-10(14)12(6-9(13)11-7)5-8-3-2-4-15-8/h7-8H,2-6H2,1H3,(H,11,13). The van der Waals surface area contributed by atoms with Gasteiger partial charge in [-0.1, -0.05) is 0 Å². The van der Waals surface area contributed by atoms with Crippen LogP contribution in [0.5, 0.6) is 0 Å². The van der Waals surface area contributed by atoms with E-state index in [1.54, 1.807) is 11.8 Å². The molecule has 0 spiro atoms. The van der Waals surface area contributed by atoms with Crippen molar-refractivity contribution in [2.75, 3.05) is 19.7 Å². The Labute approximate surface area is 88.8 Å². The highest BCUT2D eigenvalue weighted by Gasteiger charge is 2.31. The van der Waals surface area contributed by atoms with Gasteiger partial charge in [0, 0.05) is 13.2 Å². The van der Waals surface area contributed by atoms with Crippen molar-refractivity contribution >= 4 is 11.8 Å². The number of hydrogen-bond donors (Lipinski definition) is 1. The van der Waals surface area contributed by atoms with E-state index in [4.69, 9.17) is 4.74 Å². The lowest BCUT2D eigenvalue weighted by Gasteiger charge is -2.32. The molecule has 5 heteroatoms. The quantitative estimate of drug-likeness (QED) is 0.672. The molecule has 0 aromatic heterocycles. The van der Waals surface area contributed by atoms with Crippen LogP contribution in [0.25, 0.3) is 0 Å². The van der Waals surface area contributed by atoms with Crippen LogP contribution >= 0.6 is 0 Å². The van der Waals surface area contributed by atoms with Crippen LogP contribution in [-0.4, -0.2) is 48.6 Å². The van der Waals surface area contributed by atoms with Crippen LogP contribution in [0.4, 0.5) is 0 Å². The van der Waals surface area contributed by atoms with Crippen LogP contribution in [-0.2, 0) is 14.3 Å². The summed E-state index contributed by atoms with van der Waals surface area (Å²) in [5.41, 5.74) is 0. The van der Waals surface area contributed by atoms with Crippen molar-refractivity contribution in [2.24, 2.45) is 0 Å². The van der Waals surface area contributed by atoms with E-state index in [9.17, 15) is 9.59 Å². The molecule has 0 aromatic carbocycles. The molecule has 0 saturated carbocycles. The van der Waals surface area contributed by atoms with E-state index in [-0.39, 0.29) is 24.5 Å². The van der Waals surface area contributed by atoms with Crippen molar-refractivity contribution in [1.29, 1.82) is 0 Å². The summed E-state index contributed by atoms with van der Waals surface area (Å²) >= 11 is 0. The van der Waals surface area contributed by atoms with E-state index < -0.39 is 6.04 Å². The Morgan fingerprint density at radius 3 is 3.00 bits per heavy atom. The minimum atomic E-state index is -0.396. The number of piperazine rings is 1. The van der Waals surface area contributed by atoms with Crippen LogP contribution in [0.3, 0.4) is 0 Å². The van der Waals surface area contributed by atoms with Gasteiger partial charge in [0.15, 0.2) is 0 Å². The van der Waals surface area contributed by atoms with E-state index in [1.165, 1.54) is 0 Å². The van der Waals surface area contributed by atoms with Gasteiger partial charge in [-0.2, -0.15) is 0 Å². The van der Waals surface area contributed by atoms with E-state index >= 15 is 0 Å². The SMILES string of the molecule is CC1NC(=O)CN(CC2CCCO2)C1=O. The van der Waals surface area contributed by atoms with Crippen molar-refractivity contribution in [3.63, 3.8) is 0 Å². The first-order valence-corrected chi connectivity index (χ1v) is 5.36. The third kappa shape index (κ3) is 2.28. The number of carbonyl (C=O) groups excluding carboxylic acids is 2. The van der Waals surface area contributed by atoms with Gasteiger partial charge in [-0.3, -0.25) is 9.59 Å². The van der Waals surface area contributed by atoms with Crippen LogP contribution in [0.15, 0.2) is 0 Å². The van der Waals surface area contributed by atoms with Gasteiger partial charge in [0.1, 0.15) is 6.04 Å². The summed E-state index contributed by atoms with van der Waals surface area (Å²) in [5.74, 6) is -0.0924. The van der Waals surface area contributed by atoms with E-state index in [1.807, 2.05) is 0 Å². The van der Waals surface area contributed by atoms with Crippen molar-refractivity contribution in [2.45, 2.75) is 31.9 Å². The van der Waals surface area contributed by atoms with E-state index in [0.717, 1.165) is 19.4 Å². The van der Waals surface area contributed by atoms with Crippen molar-refractivity contribution in [3.05, 3.63) is 0 Å². The first-order valence-electron chi connectivity index (χ1n) is 5.36. The summed E-state index contributed by atoms with van der Waals surface area (Å²) in [6.45, 7) is 3.20. The predicted octanol–water partition coefficient (Wildman–Crippen LogP) is -0.488. The Bertz CT molecular complexity index is 274. The van der Waals surface area contributed by atoms with E-state index in [0.29, 0.717) is 6.54 Å². The number of nitrogens with one attached hydrogen (secondary N) is 1. The molecule has 2 heterocycles. The Morgan fingerprint density at radius 1 is 1.53 bits per heavy atom. The first kappa shape index (κ1) is 10.4. The molecule has 2 atom stereocenters. The smallest absolute Gasteiger partial charge is 0.245 e. The molecular weight excluding hydrogens is 196 g/mol. The highest BCUT2D eigenvalue weighted by Crippen LogP contribution is 2.14. The summed E-state index contributed by atoms with van der Waals surface area (Å²) in [6.07, 6.45) is 2.15. The molecule has 5 nitrogen and oxygen atoms in total. The van der Waals surface area contributed by atoms with Crippen molar-refractivity contribution < 1.29 is 14.3 Å². The highest BCUT2D eigenvalue weighted by molar-refractivity contribution is 5.94. The minimum Gasteiger partial charge on any atom is -0.376 e. The number of carbonyl (C=O) groups is 2. The first-order chi connectivity index (χ1) is 7.16. The maximum absolute atomic E-state index is 11.7. The fraction of sp³-hybridized carbons (Fsp3) is 0.800. The lowest BCUT2D eigenvalue weighted by Crippen LogP contribution is -2.58. The Balaban J connectivity index is 1.94. The molecule has 0 aromatic rings. The van der Waals surface area contributed by atoms with Crippen molar-refractivity contribution in [3.8, 4) is 0 Å². The zero-order chi connectivity index (χ0) is 10.8. The van der Waals surface area contributed by atoms with Crippen LogP contribution < -0.4 is 5.32 Å². The molecule has 84 valence electrons. The number of amides is 2. The molecule has 2 unspecified atom stereocenters. The number of hydrogen-bond acceptors (Lipinski definition) is 3. The second kappa shape index (κ2) is 4.18. The molecule has 2 amide bonds. The lowest BCUT2D eigenvalue weighted by molar-refractivity contribution is -0.145. The fourth-order valence-corrected chi connectivity index (χ4v) is 2.06. The van der Waals surface area contributed by atoms with Gasteiger partial charge >= 0.3 is 0 Å². The van der Waals surface area contributed by atoms with Gasteiger partial charge in [0.2, 0.25) is 11.8 Å². The number of nitrogens with zero attached hydrogens (tertiary/aromatic N) is 1. The third-order valence-electron chi connectivity index (χ3n) is 2.84. The Hall–Kier alpha value is -1.10. The molecule has 2 rings (SSSR count). The van der Waals surface area contributed by atoms with Gasteiger partial charge in [0.05, 0.1) is 12.6 Å². The number of ether oxygens (including phenoxy) is 1. The second-order valence-electron chi connectivity index (χ2n) is 4.14. The maximum atomic E-state index is 11.7. The van der Waals surface area contributed by atoms with Gasteiger partial charge in [-0.25, -0.2) is 0 Å². The lowest BCUT2D eigenvalue weighted by atomic mass is 10.1. The molecule has 15 heavy (non-hydrogen) atoms. The van der Waals surface area contributed by atoms with Gasteiger partial charge < -0.3 is 15.0 Å². The molecular formula is C10H16N2O3. The molecule has 2 saturated heterocycles. The molecule has 0 radical (unpaired) electrons. The van der Waals surface area contributed by atoms with Crippen LogP contribution in [0, 0.1) is 0 Å². The summed E-state index contributed by atoms with van der Waals surface area (Å²) in [7, 11) is 0. The van der Waals surface area contributed by atoms with Crippen LogP contribution in [0.2, 0.25) is 0 Å². The predicted molar refractivity (Wildman–Crippen MR) is 53.2 cm³/mol.